The number of hydrogen-bond donors (Lipinski definition) is 2. The van der Waals surface area contributed by atoms with Crippen LogP contribution >= 0.6 is 0 Å². The van der Waals surface area contributed by atoms with E-state index in [2.05, 4.69) is 4.72 Å². The van der Waals surface area contributed by atoms with Gasteiger partial charge in [0.1, 0.15) is 0 Å². The van der Waals surface area contributed by atoms with Gasteiger partial charge in [0, 0.05) is 11.9 Å². The predicted octanol–water partition coefficient (Wildman–Crippen LogP) is 2.28. The van der Waals surface area contributed by atoms with E-state index in [1.165, 1.54) is 0 Å². The zero-order valence-electron chi connectivity index (χ0n) is 11.7. The predicted molar refractivity (Wildman–Crippen MR) is 82.5 cm³/mol. The summed E-state index contributed by atoms with van der Waals surface area (Å²) in [5.41, 5.74) is 0. The van der Waals surface area contributed by atoms with Crippen LogP contribution in [0.2, 0.25) is 0 Å². The van der Waals surface area contributed by atoms with Gasteiger partial charge in [0.25, 0.3) is 0 Å². The minimum Gasteiger partial charge on any atom is -0.393 e. The zero-order chi connectivity index (χ0) is 14.9. The first-order valence-electron chi connectivity index (χ1n) is 7.23. The van der Waals surface area contributed by atoms with E-state index in [-0.39, 0.29) is 12.6 Å². The lowest BCUT2D eigenvalue weighted by Gasteiger charge is -2.12. The molecule has 0 saturated heterocycles. The minimum atomic E-state index is -3.55. The Morgan fingerprint density at radius 1 is 1.14 bits per heavy atom. The standard InChI is InChI=1S/C16H19NO3S/c18-15(13-8-9-13)10-11-17-21(19,20)16-7-3-5-12-4-1-2-6-14(12)16/h1-7,13,15,17-18H,8-11H2/t15-/m1/s1. The molecule has 2 aromatic carbocycles. The summed E-state index contributed by atoms with van der Waals surface area (Å²) < 4.78 is 27.4. The Balaban J connectivity index is 1.76. The van der Waals surface area contributed by atoms with Gasteiger partial charge in [0.05, 0.1) is 11.0 Å². The second-order valence-corrected chi connectivity index (χ2v) is 7.30. The van der Waals surface area contributed by atoms with Crippen molar-refractivity contribution in [2.75, 3.05) is 6.54 Å². The molecule has 2 aromatic rings. The van der Waals surface area contributed by atoms with Gasteiger partial charge >= 0.3 is 0 Å². The average Bonchev–Trinajstić information content (AvgIpc) is 3.31. The normalized spacial score (nSPS) is 17.0. The summed E-state index contributed by atoms with van der Waals surface area (Å²) in [6.45, 7) is 0.267. The molecule has 21 heavy (non-hydrogen) atoms. The topological polar surface area (TPSA) is 66.4 Å². The lowest BCUT2D eigenvalue weighted by atomic mass is 10.1. The molecule has 0 bridgehead atoms. The van der Waals surface area contributed by atoms with Crippen LogP contribution in [0.5, 0.6) is 0 Å². The van der Waals surface area contributed by atoms with Crippen LogP contribution < -0.4 is 4.72 Å². The molecule has 2 N–H and O–H groups in total. The molecule has 1 aliphatic rings. The first kappa shape index (κ1) is 14.5. The van der Waals surface area contributed by atoms with Crippen molar-refractivity contribution in [1.29, 1.82) is 0 Å². The van der Waals surface area contributed by atoms with Crippen molar-refractivity contribution < 1.29 is 13.5 Å². The molecule has 0 heterocycles. The second kappa shape index (κ2) is 5.75. The number of rotatable bonds is 6. The Morgan fingerprint density at radius 2 is 1.86 bits per heavy atom. The van der Waals surface area contributed by atoms with Crippen molar-refractivity contribution in [3.8, 4) is 0 Å². The molecule has 0 spiro atoms. The van der Waals surface area contributed by atoms with Crippen LogP contribution in [0, 0.1) is 5.92 Å². The van der Waals surface area contributed by atoms with Crippen LogP contribution in [0.4, 0.5) is 0 Å². The fourth-order valence-corrected chi connectivity index (χ4v) is 3.84. The van der Waals surface area contributed by atoms with E-state index in [1.54, 1.807) is 12.1 Å². The van der Waals surface area contributed by atoms with E-state index >= 15 is 0 Å². The maximum atomic E-state index is 12.4. The Hall–Kier alpha value is -1.43. The minimum absolute atomic E-state index is 0.267. The molecule has 0 radical (unpaired) electrons. The lowest BCUT2D eigenvalue weighted by Crippen LogP contribution is -2.28. The van der Waals surface area contributed by atoms with Crippen LogP contribution in [0.15, 0.2) is 47.4 Å². The van der Waals surface area contributed by atoms with E-state index in [0.717, 1.165) is 23.6 Å². The van der Waals surface area contributed by atoms with E-state index in [4.69, 9.17) is 0 Å². The monoisotopic (exact) mass is 305 g/mol. The van der Waals surface area contributed by atoms with Gasteiger partial charge in [0.15, 0.2) is 0 Å². The summed E-state index contributed by atoms with van der Waals surface area (Å²) >= 11 is 0. The van der Waals surface area contributed by atoms with Gasteiger partial charge in [-0.15, -0.1) is 0 Å². The summed E-state index contributed by atoms with van der Waals surface area (Å²) in [6, 6.07) is 12.7. The number of nitrogens with one attached hydrogen (secondary N) is 1. The smallest absolute Gasteiger partial charge is 0.241 e. The highest BCUT2D eigenvalue weighted by Gasteiger charge is 2.29. The van der Waals surface area contributed by atoms with Crippen molar-refractivity contribution in [2.24, 2.45) is 5.92 Å². The third-order valence-electron chi connectivity index (χ3n) is 3.94. The fraction of sp³-hybridized carbons (Fsp3) is 0.375. The maximum Gasteiger partial charge on any atom is 0.241 e. The first-order chi connectivity index (χ1) is 10.1. The summed E-state index contributed by atoms with van der Waals surface area (Å²) in [7, 11) is -3.55. The van der Waals surface area contributed by atoms with Crippen molar-refractivity contribution in [3.63, 3.8) is 0 Å². The van der Waals surface area contributed by atoms with Gasteiger partial charge in [0.2, 0.25) is 10.0 Å². The van der Waals surface area contributed by atoms with Crippen LogP contribution in [-0.4, -0.2) is 26.2 Å². The summed E-state index contributed by atoms with van der Waals surface area (Å²) in [5.74, 6) is 0.368. The van der Waals surface area contributed by atoms with Crippen LogP contribution in [0.3, 0.4) is 0 Å². The van der Waals surface area contributed by atoms with E-state index in [1.807, 2.05) is 30.3 Å². The molecule has 4 nitrogen and oxygen atoms in total. The van der Waals surface area contributed by atoms with Gasteiger partial charge in [-0.05, 0) is 36.6 Å². The fourth-order valence-electron chi connectivity index (χ4n) is 2.57. The summed E-state index contributed by atoms with van der Waals surface area (Å²) in [6.07, 6.45) is 2.18. The largest absolute Gasteiger partial charge is 0.393 e. The molecule has 3 rings (SSSR count). The summed E-state index contributed by atoms with van der Waals surface area (Å²) in [5, 5.41) is 11.4. The van der Waals surface area contributed by atoms with Crippen molar-refractivity contribution >= 4 is 20.8 Å². The maximum absolute atomic E-state index is 12.4. The van der Waals surface area contributed by atoms with Crippen molar-refractivity contribution in [1.82, 2.24) is 4.72 Å². The molecule has 1 fully saturated rings. The number of aliphatic hydroxyl groups excluding tert-OH is 1. The summed E-state index contributed by atoms with van der Waals surface area (Å²) in [4.78, 5) is 0.293. The Labute approximate surface area is 124 Å². The molecule has 0 amide bonds. The Morgan fingerprint density at radius 3 is 2.62 bits per heavy atom. The molecular formula is C16H19NO3S. The van der Waals surface area contributed by atoms with Gasteiger partial charge in [-0.3, -0.25) is 0 Å². The quantitative estimate of drug-likeness (QED) is 0.860. The SMILES string of the molecule is O=S(=O)(NCC[C@@H](O)C1CC1)c1cccc2ccccc12. The molecule has 112 valence electrons. The first-order valence-corrected chi connectivity index (χ1v) is 8.72. The lowest BCUT2D eigenvalue weighted by molar-refractivity contribution is 0.143. The number of benzene rings is 2. The second-order valence-electron chi connectivity index (χ2n) is 5.57. The van der Waals surface area contributed by atoms with Gasteiger partial charge in [-0.25, -0.2) is 13.1 Å². The molecule has 1 aliphatic carbocycles. The van der Waals surface area contributed by atoms with E-state index in [0.29, 0.717) is 17.2 Å². The number of fused-ring (bicyclic) bond motifs is 1. The highest BCUT2D eigenvalue weighted by molar-refractivity contribution is 7.89. The van der Waals surface area contributed by atoms with Gasteiger partial charge in [-0.1, -0.05) is 36.4 Å². The molecule has 0 aromatic heterocycles. The number of hydrogen-bond acceptors (Lipinski definition) is 3. The van der Waals surface area contributed by atoms with Crippen LogP contribution in [0.1, 0.15) is 19.3 Å². The van der Waals surface area contributed by atoms with Crippen molar-refractivity contribution in [3.05, 3.63) is 42.5 Å². The molecule has 5 heteroatoms. The average molecular weight is 305 g/mol. The number of sulfonamides is 1. The zero-order valence-corrected chi connectivity index (χ0v) is 12.5. The highest BCUT2D eigenvalue weighted by Crippen LogP contribution is 2.33. The van der Waals surface area contributed by atoms with E-state index in [9.17, 15) is 13.5 Å². The number of aliphatic hydroxyl groups is 1. The van der Waals surface area contributed by atoms with E-state index < -0.39 is 10.0 Å². The molecule has 1 saturated carbocycles. The molecular weight excluding hydrogens is 286 g/mol. The third kappa shape index (κ3) is 3.26. The van der Waals surface area contributed by atoms with Gasteiger partial charge in [-0.2, -0.15) is 0 Å². The molecule has 1 atom stereocenters. The molecule has 0 aliphatic heterocycles. The third-order valence-corrected chi connectivity index (χ3v) is 5.46. The van der Waals surface area contributed by atoms with Gasteiger partial charge < -0.3 is 5.11 Å². The Kier molecular flexibility index (Phi) is 3.97. The highest BCUT2D eigenvalue weighted by atomic mass is 32.2. The Bertz CT molecular complexity index is 733. The van der Waals surface area contributed by atoms with Crippen molar-refractivity contribution in [2.45, 2.75) is 30.3 Å². The van der Waals surface area contributed by atoms with Crippen LogP contribution in [0.25, 0.3) is 10.8 Å². The van der Waals surface area contributed by atoms with Crippen LogP contribution in [-0.2, 0) is 10.0 Å². The molecule has 0 unspecified atom stereocenters.